The Labute approximate surface area is 87.1 Å². The van der Waals surface area contributed by atoms with Gasteiger partial charge in [-0.1, -0.05) is 26.5 Å². The van der Waals surface area contributed by atoms with Crippen molar-refractivity contribution in [1.29, 1.82) is 0 Å². The lowest BCUT2D eigenvalue weighted by Gasteiger charge is -2.28. The lowest BCUT2D eigenvalue weighted by Crippen LogP contribution is -2.33. The highest BCUT2D eigenvalue weighted by molar-refractivity contribution is 5.20. The molecule has 0 atom stereocenters. The number of unbranched alkanes of at least 4 members (excludes halogenated alkanes) is 1. The van der Waals surface area contributed by atoms with E-state index in [1.807, 2.05) is 0 Å². The Kier molecular flexibility index (Phi) is 4.49. The number of likely N-dealkylation sites (tertiary alicyclic amines) is 1. The summed E-state index contributed by atoms with van der Waals surface area (Å²) in [7, 11) is 0. The van der Waals surface area contributed by atoms with Gasteiger partial charge in [-0.25, -0.2) is 0 Å². The van der Waals surface area contributed by atoms with Gasteiger partial charge < -0.3 is 0 Å². The van der Waals surface area contributed by atoms with Gasteiger partial charge in [-0.2, -0.15) is 0 Å². The average Bonchev–Trinajstić information content (AvgIpc) is 2.25. The highest BCUT2D eigenvalue weighted by Crippen LogP contribution is 2.18. The Morgan fingerprint density at radius 3 is 2.21 bits per heavy atom. The van der Waals surface area contributed by atoms with Gasteiger partial charge in [-0.05, 0) is 24.1 Å². The van der Waals surface area contributed by atoms with E-state index in [0.29, 0.717) is 0 Å². The van der Waals surface area contributed by atoms with Gasteiger partial charge in [-0.3, -0.25) is 4.90 Å². The summed E-state index contributed by atoms with van der Waals surface area (Å²) in [5.41, 5.74) is 8.57. The number of piperidine rings is 1. The summed E-state index contributed by atoms with van der Waals surface area (Å²) in [5, 5.41) is 0. The van der Waals surface area contributed by atoms with Crippen LogP contribution in [0.3, 0.4) is 0 Å². The first-order valence-corrected chi connectivity index (χ1v) is 5.28. The molecule has 1 fully saturated rings. The summed E-state index contributed by atoms with van der Waals surface area (Å²) in [6.07, 6.45) is 3.47. The minimum absolute atomic E-state index is 0.968. The minimum atomic E-state index is 0.968. The van der Waals surface area contributed by atoms with Crippen molar-refractivity contribution in [2.75, 3.05) is 19.6 Å². The van der Waals surface area contributed by atoms with Crippen LogP contribution in [0.4, 0.5) is 0 Å². The Hall–Kier alpha value is -1.00. The Morgan fingerprint density at radius 2 is 1.79 bits per heavy atom. The highest BCUT2D eigenvalue weighted by Gasteiger charge is 2.16. The maximum absolute atomic E-state index is 3.72. The molecule has 0 spiro atoms. The molecule has 1 heteroatoms. The zero-order valence-electron chi connectivity index (χ0n) is 9.10. The van der Waals surface area contributed by atoms with Crippen LogP contribution in [0, 0.1) is 0 Å². The number of hydrogen-bond donors (Lipinski definition) is 0. The smallest absolute Gasteiger partial charge is 0.0275 e. The summed E-state index contributed by atoms with van der Waals surface area (Å²) in [6.45, 7) is 12.9. The molecule has 1 heterocycles. The molecule has 14 heavy (non-hydrogen) atoms. The van der Waals surface area contributed by atoms with Crippen LogP contribution in [-0.4, -0.2) is 24.5 Å². The molecule has 1 nitrogen and oxygen atoms in total. The topological polar surface area (TPSA) is 3.24 Å². The summed E-state index contributed by atoms with van der Waals surface area (Å²) in [5.74, 6) is 0. The monoisotopic (exact) mass is 189 g/mol. The molecule has 0 bridgehead atoms. The summed E-state index contributed by atoms with van der Waals surface area (Å²) in [6, 6.07) is 0. The molecule has 1 saturated heterocycles. The third-order valence-electron chi connectivity index (χ3n) is 2.58. The van der Waals surface area contributed by atoms with Crippen LogP contribution >= 0.6 is 0 Å². The predicted molar refractivity (Wildman–Crippen MR) is 61.3 cm³/mol. The van der Waals surface area contributed by atoms with Crippen molar-refractivity contribution >= 4 is 0 Å². The van der Waals surface area contributed by atoms with Gasteiger partial charge in [0.05, 0.1) is 0 Å². The van der Waals surface area contributed by atoms with Gasteiger partial charge in [0.2, 0.25) is 0 Å². The standard InChI is InChI=1S/C13H19N/c1-4-7-8-14-10-12(5-2)9-13(6-3)11-14/h2-4,7-11H2,1H3. The zero-order chi connectivity index (χ0) is 10.4. The van der Waals surface area contributed by atoms with E-state index in [9.17, 15) is 0 Å². The molecular formula is C13H19N. The fraction of sp³-hybridized carbons (Fsp3) is 0.538. The van der Waals surface area contributed by atoms with Gasteiger partial charge in [0, 0.05) is 19.5 Å². The van der Waals surface area contributed by atoms with E-state index in [4.69, 9.17) is 0 Å². The highest BCUT2D eigenvalue weighted by atomic mass is 15.1. The molecular weight excluding hydrogens is 170 g/mol. The van der Waals surface area contributed by atoms with Crippen LogP contribution in [0.25, 0.3) is 0 Å². The Bertz CT molecular complexity index is 262. The first-order chi connectivity index (χ1) is 6.80. The van der Waals surface area contributed by atoms with E-state index in [1.165, 1.54) is 24.0 Å². The molecule has 76 valence electrons. The third-order valence-corrected chi connectivity index (χ3v) is 2.58. The van der Waals surface area contributed by atoms with E-state index in [0.717, 1.165) is 26.1 Å². The van der Waals surface area contributed by atoms with Gasteiger partial charge in [-0.15, -0.1) is 11.5 Å². The maximum Gasteiger partial charge on any atom is 0.0275 e. The van der Waals surface area contributed by atoms with Crippen molar-refractivity contribution in [2.45, 2.75) is 26.2 Å². The summed E-state index contributed by atoms with van der Waals surface area (Å²) < 4.78 is 0. The van der Waals surface area contributed by atoms with E-state index >= 15 is 0 Å². The fourth-order valence-corrected chi connectivity index (χ4v) is 1.74. The van der Waals surface area contributed by atoms with Crippen molar-refractivity contribution in [1.82, 2.24) is 4.90 Å². The lowest BCUT2D eigenvalue weighted by atomic mass is 10.0. The molecule has 0 N–H and O–H groups in total. The Balaban J connectivity index is 2.61. The van der Waals surface area contributed by atoms with Crippen LogP contribution in [0.1, 0.15) is 26.2 Å². The Morgan fingerprint density at radius 1 is 1.21 bits per heavy atom. The number of hydrogen-bond acceptors (Lipinski definition) is 1. The average molecular weight is 189 g/mol. The van der Waals surface area contributed by atoms with Crippen molar-refractivity contribution < 1.29 is 0 Å². The molecule has 0 aromatic rings. The van der Waals surface area contributed by atoms with E-state index in [-0.39, 0.29) is 0 Å². The molecule has 0 aromatic heterocycles. The van der Waals surface area contributed by atoms with Gasteiger partial charge in [0.25, 0.3) is 0 Å². The van der Waals surface area contributed by atoms with Crippen LogP contribution < -0.4 is 0 Å². The van der Waals surface area contributed by atoms with Gasteiger partial charge in [0.15, 0.2) is 0 Å². The van der Waals surface area contributed by atoms with Crippen molar-refractivity contribution in [3.63, 3.8) is 0 Å². The van der Waals surface area contributed by atoms with Crippen LogP contribution in [0.5, 0.6) is 0 Å². The van der Waals surface area contributed by atoms with E-state index < -0.39 is 0 Å². The van der Waals surface area contributed by atoms with E-state index in [1.54, 1.807) is 0 Å². The molecule has 1 rings (SSSR count). The maximum atomic E-state index is 3.72. The second-order valence-electron chi connectivity index (χ2n) is 3.80. The largest absolute Gasteiger partial charge is 0.294 e. The molecule has 0 radical (unpaired) electrons. The lowest BCUT2D eigenvalue weighted by molar-refractivity contribution is 0.296. The predicted octanol–water partition coefficient (Wildman–Crippen LogP) is 2.91. The first-order valence-electron chi connectivity index (χ1n) is 5.28. The molecule has 0 aromatic carbocycles. The molecule has 0 saturated carbocycles. The normalized spacial score (nSPS) is 17.8. The second kappa shape index (κ2) is 5.67. The fourth-order valence-electron chi connectivity index (χ4n) is 1.74. The van der Waals surface area contributed by atoms with Gasteiger partial charge in [0.1, 0.15) is 0 Å². The van der Waals surface area contributed by atoms with Crippen molar-refractivity contribution in [2.24, 2.45) is 0 Å². The molecule has 0 unspecified atom stereocenters. The van der Waals surface area contributed by atoms with Crippen molar-refractivity contribution in [3.8, 4) is 0 Å². The summed E-state index contributed by atoms with van der Waals surface area (Å²) in [4.78, 5) is 2.42. The minimum Gasteiger partial charge on any atom is -0.294 e. The zero-order valence-corrected chi connectivity index (χ0v) is 9.10. The molecule has 1 aliphatic rings. The van der Waals surface area contributed by atoms with Crippen LogP contribution in [0.15, 0.2) is 35.8 Å². The van der Waals surface area contributed by atoms with Crippen LogP contribution in [-0.2, 0) is 0 Å². The van der Waals surface area contributed by atoms with Crippen molar-refractivity contribution in [3.05, 3.63) is 35.8 Å². The SMILES string of the molecule is C=C=C1CC(=C=C)CN(CCCC)C1. The molecule has 0 amide bonds. The quantitative estimate of drug-likeness (QED) is 0.617. The third kappa shape index (κ3) is 3.05. The molecule has 0 aliphatic carbocycles. The summed E-state index contributed by atoms with van der Waals surface area (Å²) >= 11 is 0. The second-order valence-corrected chi connectivity index (χ2v) is 3.80. The van der Waals surface area contributed by atoms with Gasteiger partial charge >= 0.3 is 0 Å². The number of rotatable bonds is 3. The van der Waals surface area contributed by atoms with Crippen LogP contribution in [0.2, 0.25) is 0 Å². The molecule has 1 aliphatic heterocycles. The first kappa shape index (κ1) is 11.1. The van der Waals surface area contributed by atoms with E-state index in [2.05, 4.69) is 36.4 Å². The number of nitrogens with zero attached hydrogens (tertiary/aromatic N) is 1.